The molecular formula is C15H19NO3. The van der Waals surface area contributed by atoms with Gasteiger partial charge in [0.2, 0.25) is 0 Å². The van der Waals surface area contributed by atoms with Crippen molar-refractivity contribution in [2.45, 2.75) is 13.0 Å². The molecule has 0 N–H and O–H groups in total. The van der Waals surface area contributed by atoms with Crippen molar-refractivity contribution in [3.63, 3.8) is 0 Å². The van der Waals surface area contributed by atoms with Gasteiger partial charge in [0, 0.05) is 31.6 Å². The molecule has 1 atom stereocenters. The highest BCUT2D eigenvalue weighted by Crippen LogP contribution is 2.23. The van der Waals surface area contributed by atoms with Gasteiger partial charge in [-0.3, -0.25) is 9.69 Å². The predicted molar refractivity (Wildman–Crippen MR) is 71.1 cm³/mol. The lowest BCUT2D eigenvalue weighted by molar-refractivity contribution is -0.131. The molecule has 2 aliphatic rings. The van der Waals surface area contributed by atoms with Gasteiger partial charge in [0.15, 0.2) is 0 Å². The highest BCUT2D eigenvalue weighted by atomic mass is 16.5. The van der Waals surface area contributed by atoms with E-state index in [2.05, 4.69) is 11.0 Å². The molecule has 0 radical (unpaired) electrons. The van der Waals surface area contributed by atoms with Crippen molar-refractivity contribution in [3.8, 4) is 5.75 Å². The zero-order valence-corrected chi connectivity index (χ0v) is 11.0. The molecule has 2 aliphatic heterocycles. The van der Waals surface area contributed by atoms with Crippen LogP contribution < -0.4 is 4.74 Å². The number of hydrogen-bond donors (Lipinski definition) is 0. The SMILES string of the molecule is O=C1CCOCC1CN1CCOc2ccccc2C1. The summed E-state index contributed by atoms with van der Waals surface area (Å²) in [6, 6.07) is 8.12. The van der Waals surface area contributed by atoms with Crippen molar-refractivity contribution in [3.05, 3.63) is 29.8 Å². The second-order valence-corrected chi connectivity index (χ2v) is 5.18. The molecule has 2 heterocycles. The number of rotatable bonds is 2. The second-order valence-electron chi connectivity index (χ2n) is 5.18. The van der Waals surface area contributed by atoms with Crippen LogP contribution in [0.15, 0.2) is 24.3 Å². The van der Waals surface area contributed by atoms with Crippen LogP contribution >= 0.6 is 0 Å². The van der Waals surface area contributed by atoms with Crippen LogP contribution in [-0.4, -0.2) is 43.6 Å². The number of carbonyl (C=O) groups is 1. The summed E-state index contributed by atoms with van der Waals surface area (Å²) < 4.78 is 11.2. The number of nitrogens with zero attached hydrogens (tertiary/aromatic N) is 1. The zero-order valence-electron chi connectivity index (χ0n) is 11.0. The van der Waals surface area contributed by atoms with Crippen LogP contribution in [0.1, 0.15) is 12.0 Å². The van der Waals surface area contributed by atoms with Crippen LogP contribution in [0.3, 0.4) is 0 Å². The van der Waals surface area contributed by atoms with E-state index >= 15 is 0 Å². The summed E-state index contributed by atoms with van der Waals surface area (Å²) in [7, 11) is 0. The van der Waals surface area contributed by atoms with Crippen LogP contribution in [0.4, 0.5) is 0 Å². The van der Waals surface area contributed by atoms with Crippen LogP contribution in [0, 0.1) is 5.92 Å². The maximum atomic E-state index is 11.9. The van der Waals surface area contributed by atoms with Crippen molar-refractivity contribution >= 4 is 5.78 Å². The molecule has 0 aliphatic carbocycles. The fourth-order valence-electron chi connectivity index (χ4n) is 2.70. The van der Waals surface area contributed by atoms with Gasteiger partial charge in [-0.15, -0.1) is 0 Å². The molecule has 0 amide bonds. The highest BCUT2D eigenvalue weighted by Gasteiger charge is 2.26. The van der Waals surface area contributed by atoms with Gasteiger partial charge in [0.05, 0.1) is 19.1 Å². The zero-order chi connectivity index (χ0) is 13.1. The summed E-state index contributed by atoms with van der Waals surface area (Å²) in [5.41, 5.74) is 1.20. The van der Waals surface area contributed by atoms with E-state index in [4.69, 9.17) is 9.47 Å². The number of benzene rings is 1. The molecule has 1 fully saturated rings. The summed E-state index contributed by atoms with van der Waals surface area (Å²) in [6.07, 6.45) is 0.561. The fourth-order valence-corrected chi connectivity index (χ4v) is 2.70. The predicted octanol–water partition coefficient (Wildman–Crippen LogP) is 1.49. The standard InChI is InChI=1S/C15H19NO3/c17-14-5-7-18-11-13(14)10-16-6-8-19-15-4-2-1-3-12(15)9-16/h1-4,13H,5-11H2. The molecule has 4 nitrogen and oxygen atoms in total. The molecule has 1 aromatic carbocycles. The number of Topliss-reactive ketones (excluding diaryl/α,β-unsaturated/α-hetero) is 1. The molecule has 4 heteroatoms. The summed E-state index contributed by atoms with van der Waals surface area (Å²) in [5, 5.41) is 0. The van der Waals surface area contributed by atoms with E-state index < -0.39 is 0 Å². The smallest absolute Gasteiger partial charge is 0.141 e. The number of ether oxygens (including phenoxy) is 2. The molecule has 1 aromatic rings. The molecule has 102 valence electrons. The highest BCUT2D eigenvalue weighted by molar-refractivity contribution is 5.82. The Kier molecular flexibility index (Phi) is 3.80. The Bertz CT molecular complexity index is 460. The average Bonchev–Trinajstić information content (AvgIpc) is 2.63. The maximum Gasteiger partial charge on any atom is 0.141 e. The Balaban J connectivity index is 1.67. The first-order chi connectivity index (χ1) is 9.33. The van der Waals surface area contributed by atoms with Crippen LogP contribution in [0.25, 0.3) is 0 Å². The summed E-state index contributed by atoms with van der Waals surface area (Å²) in [4.78, 5) is 14.2. The van der Waals surface area contributed by atoms with Crippen molar-refractivity contribution in [1.82, 2.24) is 4.90 Å². The van der Waals surface area contributed by atoms with E-state index in [0.717, 1.165) is 25.4 Å². The molecule has 3 rings (SSSR count). The van der Waals surface area contributed by atoms with Gasteiger partial charge in [-0.1, -0.05) is 18.2 Å². The third kappa shape index (κ3) is 2.96. The Morgan fingerprint density at radius 2 is 2.16 bits per heavy atom. The largest absolute Gasteiger partial charge is 0.492 e. The summed E-state index contributed by atoms with van der Waals surface area (Å²) in [5.74, 6) is 1.33. The van der Waals surface area contributed by atoms with E-state index in [0.29, 0.717) is 32.0 Å². The third-order valence-electron chi connectivity index (χ3n) is 3.78. The van der Waals surface area contributed by atoms with Crippen molar-refractivity contribution < 1.29 is 14.3 Å². The first-order valence-corrected chi connectivity index (χ1v) is 6.86. The lowest BCUT2D eigenvalue weighted by atomic mass is 10.00. The van der Waals surface area contributed by atoms with E-state index in [1.807, 2.05) is 18.2 Å². The quantitative estimate of drug-likeness (QED) is 0.808. The fraction of sp³-hybridized carbons (Fsp3) is 0.533. The monoisotopic (exact) mass is 261 g/mol. The van der Waals surface area contributed by atoms with Gasteiger partial charge in [0.1, 0.15) is 18.1 Å². The van der Waals surface area contributed by atoms with Crippen molar-refractivity contribution in [2.24, 2.45) is 5.92 Å². The molecule has 0 aromatic heterocycles. The Morgan fingerprint density at radius 3 is 3.05 bits per heavy atom. The van der Waals surface area contributed by atoms with Crippen molar-refractivity contribution in [1.29, 1.82) is 0 Å². The lowest BCUT2D eigenvalue weighted by Gasteiger charge is -2.27. The van der Waals surface area contributed by atoms with E-state index in [1.54, 1.807) is 0 Å². The van der Waals surface area contributed by atoms with E-state index in [1.165, 1.54) is 5.56 Å². The normalized spacial score (nSPS) is 24.4. The minimum absolute atomic E-state index is 0.0269. The molecule has 0 saturated carbocycles. The first kappa shape index (κ1) is 12.6. The number of para-hydroxylation sites is 1. The maximum absolute atomic E-state index is 11.9. The van der Waals surface area contributed by atoms with Crippen molar-refractivity contribution in [2.75, 3.05) is 32.9 Å². The number of hydrogen-bond acceptors (Lipinski definition) is 4. The van der Waals surface area contributed by atoms with Crippen LogP contribution in [0.2, 0.25) is 0 Å². The van der Waals surface area contributed by atoms with Gasteiger partial charge in [-0.05, 0) is 6.07 Å². The lowest BCUT2D eigenvalue weighted by Crippen LogP contribution is -2.39. The van der Waals surface area contributed by atoms with Crippen LogP contribution in [0.5, 0.6) is 5.75 Å². The van der Waals surface area contributed by atoms with Gasteiger partial charge in [-0.25, -0.2) is 0 Å². The minimum Gasteiger partial charge on any atom is -0.492 e. The Hall–Kier alpha value is -1.39. The van der Waals surface area contributed by atoms with Gasteiger partial charge in [0.25, 0.3) is 0 Å². The molecular weight excluding hydrogens is 242 g/mol. The molecule has 1 unspecified atom stereocenters. The van der Waals surface area contributed by atoms with Gasteiger partial charge >= 0.3 is 0 Å². The Morgan fingerprint density at radius 1 is 1.26 bits per heavy atom. The number of fused-ring (bicyclic) bond motifs is 1. The number of ketones is 1. The average molecular weight is 261 g/mol. The van der Waals surface area contributed by atoms with Gasteiger partial charge in [-0.2, -0.15) is 0 Å². The third-order valence-corrected chi connectivity index (χ3v) is 3.78. The van der Waals surface area contributed by atoms with Crippen LogP contribution in [-0.2, 0) is 16.1 Å². The molecule has 19 heavy (non-hydrogen) atoms. The summed E-state index contributed by atoms with van der Waals surface area (Å²) >= 11 is 0. The first-order valence-electron chi connectivity index (χ1n) is 6.86. The molecule has 0 bridgehead atoms. The molecule has 1 saturated heterocycles. The summed E-state index contributed by atoms with van der Waals surface area (Å²) in [6.45, 7) is 4.31. The van der Waals surface area contributed by atoms with E-state index in [-0.39, 0.29) is 5.92 Å². The second kappa shape index (κ2) is 5.72. The Labute approximate surface area is 113 Å². The molecule has 0 spiro atoms. The number of carbonyl (C=O) groups excluding carboxylic acids is 1. The topological polar surface area (TPSA) is 38.8 Å². The van der Waals surface area contributed by atoms with Gasteiger partial charge < -0.3 is 9.47 Å². The van der Waals surface area contributed by atoms with E-state index in [9.17, 15) is 4.79 Å². The minimum atomic E-state index is 0.0269.